The van der Waals surface area contributed by atoms with Crippen molar-refractivity contribution in [1.82, 2.24) is 5.32 Å². The maximum atomic E-state index is 13.2. The van der Waals surface area contributed by atoms with Gasteiger partial charge in [0.15, 0.2) is 5.78 Å². The first-order valence-electron chi connectivity index (χ1n) is 8.89. The van der Waals surface area contributed by atoms with Crippen LogP contribution in [0.2, 0.25) is 0 Å². The number of aryl methyl sites for hydroxylation is 1. The Morgan fingerprint density at radius 1 is 0.885 bits per heavy atom. The van der Waals surface area contributed by atoms with E-state index in [1.54, 1.807) is 12.1 Å². The molecule has 1 aliphatic carbocycles. The van der Waals surface area contributed by atoms with Crippen molar-refractivity contribution < 1.29 is 14.0 Å². The van der Waals surface area contributed by atoms with E-state index in [9.17, 15) is 14.0 Å². The first-order valence-corrected chi connectivity index (χ1v) is 8.89. The number of carbonyl (C=O) groups excluding carboxylic acids is 2. The van der Waals surface area contributed by atoms with Crippen LogP contribution in [0.5, 0.6) is 0 Å². The topological polar surface area (TPSA) is 46.2 Å². The van der Waals surface area contributed by atoms with Gasteiger partial charge in [0, 0.05) is 30.0 Å². The standard InChI is InChI=1S/C22H20FNO2/c1-13-2-4-15(5-3-13)18-12-21(26)24-19-10-16(11-20(25)22(18)19)14-6-8-17(23)9-7-14/h2-9,16,18H,10-12H2,1H3,(H,24,26)/t16-,18+/m0/s1. The van der Waals surface area contributed by atoms with Crippen LogP contribution in [0.15, 0.2) is 59.8 Å². The average molecular weight is 349 g/mol. The normalized spacial score (nSPS) is 22.8. The van der Waals surface area contributed by atoms with Crippen LogP contribution in [0.25, 0.3) is 0 Å². The molecule has 1 aliphatic heterocycles. The number of benzene rings is 2. The first kappa shape index (κ1) is 16.7. The van der Waals surface area contributed by atoms with Crippen molar-refractivity contribution in [3.05, 3.63) is 82.3 Å². The second kappa shape index (κ2) is 6.52. The Labute approximate surface area is 151 Å². The lowest BCUT2D eigenvalue weighted by Crippen LogP contribution is -2.38. The number of carbonyl (C=O) groups is 2. The summed E-state index contributed by atoms with van der Waals surface area (Å²) in [5.74, 6) is -0.478. The highest BCUT2D eigenvalue weighted by molar-refractivity contribution is 6.02. The lowest BCUT2D eigenvalue weighted by molar-refractivity contribution is -0.122. The number of hydrogen-bond donors (Lipinski definition) is 1. The van der Waals surface area contributed by atoms with Gasteiger partial charge >= 0.3 is 0 Å². The number of amides is 1. The molecule has 2 aromatic carbocycles. The Morgan fingerprint density at radius 3 is 2.23 bits per heavy atom. The Morgan fingerprint density at radius 2 is 1.54 bits per heavy atom. The highest BCUT2D eigenvalue weighted by atomic mass is 19.1. The van der Waals surface area contributed by atoms with Gasteiger partial charge in [-0.3, -0.25) is 9.59 Å². The zero-order valence-electron chi connectivity index (χ0n) is 14.6. The molecule has 0 saturated heterocycles. The highest BCUT2D eigenvalue weighted by Gasteiger charge is 2.38. The summed E-state index contributed by atoms with van der Waals surface area (Å²) >= 11 is 0. The van der Waals surface area contributed by atoms with Crippen molar-refractivity contribution in [2.24, 2.45) is 0 Å². The van der Waals surface area contributed by atoms with Crippen LogP contribution in [0.3, 0.4) is 0 Å². The lowest BCUT2D eigenvalue weighted by Gasteiger charge is -2.34. The fourth-order valence-electron chi connectivity index (χ4n) is 4.01. The van der Waals surface area contributed by atoms with Crippen LogP contribution in [-0.2, 0) is 9.59 Å². The monoisotopic (exact) mass is 349 g/mol. The first-order chi connectivity index (χ1) is 12.5. The number of rotatable bonds is 2. The molecule has 2 aromatic rings. The highest BCUT2D eigenvalue weighted by Crippen LogP contribution is 2.42. The van der Waals surface area contributed by atoms with E-state index in [4.69, 9.17) is 0 Å². The van der Waals surface area contributed by atoms with Gasteiger partial charge in [-0.15, -0.1) is 0 Å². The fourth-order valence-corrected chi connectivity index (χ4v) is 4.01. The van der Waals surface area contributed by atoms with Crippen LogP contribution in [-0.4, -0.2) is 11.7 Å². The summed E-state index contributed by atoms with van der Waals surface area (Å²) in [4.78, 5) is 25.2. The van der Waals surface area contributed by atoms with Gasteiger partial charge in [-0.25, -0.2) is 4.39 Å². The molecule has 0 fully saturated rings. The van der Waals surface area contributed by atoms with Gasteiger partial charge in [-0.05, 0) is 42.5 Å². The van der Waals surface area contributed by atoms with E-state index in [1.807, 2.05) is 31.2 Å². The third kappa shape index (κ3) is 3.07. The molecule has 2 atom stereocenters. The summed E-state index contributed by atoms with van der Waals surface area (Å²) < 4.78 is 13.2. The second-order valence-electron chi connectivity index (χ2n) is 7.19. The number of nitrogens with one attached hydrogen (secondary N) is 1. The average Bonchev–Trinajstić information content (AvgIpc) is 2.62. The largest absolute Gasteiger partial charge is 0.329 e. The van der Waals surface area contributed by atoms with E-state index in [-0.39, 0.29) is 29.3 Å². The smallest absolute Gasteiger partial charge is 0.225 e. The van der Waals surface area contributed by atoms with Crippen LogP contribution >= 0.6 is 0 Å². The molecule has 0 saturated carbocycles. The Balaban J connectivity index is 1.70. The van der Waals surface area contributed by atoms with E-state index >= 15 is 0 Å². The second-order valence-corrected chi connectivity index (χ2v) is 7.19. The lowest BCUT2D eigenvalue weighted by atomic mass is 9.73. The number of halogens is 1. The Hall–Kier alpha value is -2.75. The summed E-state index contributed by atoms with van der Waals surface area (Å²) in [5, 5.41) is 2.92. The SMILES string of the molecule is Cc1ccc([C@H]2CC(=O)NC3=C2C(=O)C[C@@H](c2ccc(F)cc2)C3)cc1. The fraction of sp³-hybridized carbons (Fsp3) is 0.273. The van der Waals surface area contributed by atoms with Crippen molar-refractivity contribution in [3.8, 4) is 0 Å². The molecule has 0 unspecified atom stereocenters. The minimum Gasteiger partial charge on any atom is -0.329 e. The molecule has 26 heavy (non-hydrogen) atoms. The summed E-state index contributed by atoms with van der Waals surface area (Å²) in [6.07, 6.45) is 1.29. The molecular weight excluding hydrogens is 329 g/mol. The molecule has 4 rings (SSSR count). The van der Waals surface area contributed by atoms with Gasteiger partial charge in [0.1, 0.15) is 5.82 Å². The van der Waals surface area contributed by atoms with Crippen molar-refractivity contribution >= 4 is 11.7 Å². The third-order valence-corrected chi connectivity index (χ3v) is 5.36. The number of ketones is 1. The number of hydrogen-bond acceptors (Lipinski definition) is 2. The van der Waals surface area contributed by atoms with Gasteiger partial charge in [-0.1, -0.05) is 42.0 Å². The maximum absolute atomic E-state index is 13.2. The zero-order valence-corrected chi connectivity index (χ0v) is 14.6. The predicted octanol–water partition coefficient (Wildman–Crippen LogP) is 4.14. The molecule has 4 heteroatoms. The van der Waals surface area contributed by atoms with Gasteiger partial charge in [0.05, 0.1) is 0 Å². The van der Waals surface area contributed by atoms with Crippen LogP contribution in [0.1, 0.15) is 47.8 Å². The van der Waals surface area contributed by atoms with Crippen LogP contribution < -0.4 is 5.32 Å². The van der Waals surface area contributed by atoms with Gasteiger partial charge in [0.2, 0.25) is 5.91 Å². The van der Waals surface area contributed by atoms with E-state index in [1.165, 1.54) is 12.1 Å². The van der Waals surface area contributed by atoms with Gasteiger partial charge < -0.3 is 5.32 Å². The van der Waals surface area contributed by atoms with Crippen molar-refractivity contribution in [2.45, 2.75) is 38.0 Å². The molecule has 1 amide bonds. The molecule has 1 heterocycles. The number of Topliss-reactive ketones (excluding diaryl/α,β-unsaturated/α-hetero) is 1. The van der Waals surface area contributed by atoms with E-state index in [0.717, 1.165) is 28.0 Å². The quantitative estimate of drug-likeness (QED) is 0.886. The molecule has 0 spiro atoms. The molecule has 0 radical (unpaired) electrons. The molecular formula is C22H20FNO2. The van der Waals surface area contributed by atoms with E-state index in [2.05, 4.69) is 5.32 Å². The van der Waals surface area contributed by atoms with Crippen molar-refractivity contribution in [1.29, 1.82) is 0 Å². The summed E-state index contributed by atoms with van der Waals surface area (Å²) in [5.41, 5.74) is 4.56. The summed E-state index contributed by atoms with van der Waals surface area (Å²) in [6, 6.07) is 14.3. The minimum absolute atomic E-state index is 0.0288. The zero-order chi connectivity index (χ0) is 18.3. The summed E-state index contributed by atoms with van der Waals surface area (Å²) in [6.45, 7) is 2.01. The van der Waals surface area contributed by atoms with E-state index in [0.29, 0.717) is 19.3 Å². The maximum Gasteiger partial charge on any atom is 0.225 e. The van der Waals surface area contributed by atoms with Gasteiger partial charge in [-0.2, -0.15) is 0 Å². The number of allylic oxidation sites excluding steroid dienone is 2. The third-order valence-electron chi connectivity index (χ3n) is 5.36. The van der Waals surface area contributed by atoms with Crippen molar-refractivity contribution in [2.75, 3.05) is 0 Å². The molecule has 0 bridgehead atoms. The van der Waals surface area contributed by atoms with Crippen LogP contribution in [0, 0.1) is 12.7 Å². The molecule has 132 valence electrons. The predicted molar refractivity (Wildman–Crippen MR) is 97.1 cm³/mol. The Bertz CT molecular complexity index is 897. The van der Waals surface area contributed by atoms with Crippen LogP contribution in [0.4, 0.5) is 4.39 Å². The van der Waals surface area contributed by atoms with Crippen molar-refractivity contribution in [3.63, 3.8) is 0 Å². The summed E-state index contributed by atoms with van der Waals surface area (Å²) in [7, 11) is 0. The molecule has 1 N–H and O–H groups in total. The van der Waals surface area contributed by atoms with E-state index < -0.39 is 0 Å². The minimum atomic E-state index is -0.291. The van der Waals surface area contributed by atoms with Gasteiger partial charge in [0.25, 0.3) is 0 Å². The Kier molecular flexibility index (Phi) is 4.19. The molecule has 2 aliphatic rings. The molecule has 3 nitrogen and oxygen atoms in total. The molecule has 0 aromatic heterocycles.